The molecular weight excluding hydrogens is 210 g/mol. The summed E-state index contributed by atoms with van der Waals surface area (Å²) in [5.41, 5.74) is 2.50. The SMILES string of the molecule is CC=CC=C1CNC(=O)C1CC1=CCCC=C1. The van der Waals surface area contributed by atoms with Crippen LogP contribution in [-0.2, 0) is 4.79 Å². The Morgan fingerprint density at radius 1 is 1.47 bits per heavy atom. The highest BCUT2D eigenvalue weighted by Gasteiger charge is 2.29. The van der Waals surface area contributed by atoms with E-state index in [2.05, 4.69) is 29.6 Å². The first kappa shape index (κ1) is 11.9. The van der Waals surface area contributed by atoms with Crippen molar-refractivity contribution < 1.29 is 4.79 Å². The van der Waals surface area contributed by atoms with Gasteiger partial charge in [0, 0.05) is 6.54 Å². The first-order valence-electron chi connectivity index (χ1n) is 6.26. The highest BCUT2D eigenvalue weighted by molar-refractivity contribution is 5.85. The summed E-state index contributed by atoms with van der Waals surface area (Å²) in [6, 6.07) is 0. The number of allylic oxidation sites excluding steroid dienone is 7. The van der Waals surface area contributed by atoms with Gasteiger partial charge in [0.05, 0.1) is 5.92 Å². The number of carbonyl (C=O) groups is 1. The predicted molar refractivity (Wildman–Crippen MR) is 70.5 cm³/mol. The normalized spacial score (nSPS) is 26.6. The summed E-state index contributed by atoms with van der Waals surface area (Å²) in [7, 11) is 0. The van der Waals surface area contributed by atoms with Crippen molar-refractivity contribution in [3.05, 3.63) is 47.6 Å². The number of hydrogen-bond acceptors (Lipinski definition) is 1. The Morgan fingerprint density at radius 2 is 2.35 bits per heavy atom. The summed E-state index contributed by atoms with van der Waals surface area (Å²) >= 11 is 0. The van der Waals surface area contributed by atoms with Gasteiger partial charge in [-0.3, -0.25) is 4.79 Å². The Balaban J connectivity index is 2.09. The molecule has 17 heavy (non-hydrogen) atoms. The second-order valence-corrected chi connectivity index (χ2v) is 4.50. The van der Waals surface area contributed by atoms with E-state index in [0.717, 1.165) is 19.3 Å². The molecule has 1 atom stereocenters. The first-order chi connectivity index (χ1) is 8.31. The monoisotopic (exact) mass is 229 g/mol. The van der Waals surface area contributed by atoms with Gasteiger partial charge in [-0.15, -0.1) is 0 Å². The van der Waals surface area contributed by atoms with Crippen molar-refractivity contribution in [2.75, 3.05) is 6.54 Å². The fourth-order valence-electron chi connectivity index (χ4n) is 2.28. The van der Waals surface area contributed by atoms with Crippen molar-refractivity contribution in [1.82, 2.24) is 5.32 Å². The molecule has 0 bridgehead atoms. The highest BCUT2D eigenvalue weighted by Crippen LogP contribution is 2.26. The Morgan fingerprint density at radius 3 is 3.06 bits per heavy atom. The van der Waals surface area contributed by atoms with Gasteiger partial charge in [-0.1, -0.05) is 42.0 Å². The lowest BCUT2D eigenvalue weighted by Gasteiger charge is -2.12. The molecule has 0 aromatic rings. The van der Waals surface area contributed by atoms with Crippen molar-refractivity contribution in [1.29, 1.82) is 0 Å². The molecule has 2 aliphatic rings. The smallest absolute Gasteiger partial charge is 0.227 e. The number of amides is 1. The van der Waals surface area contributed by atoms with Crippen LogP contribution in [0.4, 0.5) is 0 Å². The highest BCUT2D eigenvalue weighted by atomic mass is 16.2. The van der Waals surface area contributed by atoms with E-state index in [1.54, 1.807) is 0 Å². The largest absolute Gasteiger partial charge is 0.352 e. The first-order valence-corrected chi connectivity index (χ1v) is 6.26. The third-order valence-corrected chi connectivity index (χ3v) is 3.25. The van der Waals surface area contributed by atoms with Gasteiger partial charge in [0.1, 0.15) is 0 Å². The minimum absolute atomic E-state index is 0.0280. The van der Waals surface area contributed by atoms with Gasteiger partial charge >= 0.3 is 0 Å². The molecule has 1 unspecified atom stereocenters. The molecule has 1 aliphatic heterocycles. The van der Waals surface area contributed by atoms with E-state index in [9.17, 15) is 4.79 Å². The van der Waals surface area contributed by atoms with Gasteiger partial charge in [0.2, 0.25) is 5.91 Å². The quantitative estimate of drug-likeness (QED) is 0.792. The summed E-state index contributed by atoms with van der Waals surface area (Å²) in [4.78, 5) is 11.8. The fourth-order valence-corrected chi connectivity index (χ4v) is 2.28. The van der Waals surface area contributed by atoms with Crippen LogP contribution in [-0.4, -0.2) is 12.5 Å². The van der Waals surface area contributed by atoms with Crippen LogP contribution in [0.3, 0.4) is 0 Å². The Labute approximate surface area is 103 Å². The summed E-state index contributed by atoms with van der Waals surface area (Å²) in [5.74, 6) is 0.195. The maximum absolute atomic E-state index is 11.8. The molecule has 1 heterocycles. The lowest BCUT2D eigenvalue weighted by Crippen LogP contribution is -2.19. The number of carbonyl (C=O) groups excluding carboxylic acids is 1. The van der Waals surface area contributed by atoms with E-state index in [1.807, 2.05) is 19.1 Å². The minimum atomic E-state index is 0.0280. The molecule has 90 valence electrons. The molecule has 0 spiro atoms. The standard InChI is InChI=1S/C15H19NO/c1-2-3-9-13-11-16-15(17)14(13)10-12-7-5-4-6-8-12/h2-3,5,7-9,14H,4,6,10-11H2,1H3,(H,16,17). The van der Waals surface area contributed by atoms with Crippen molar-refractivity contribution >= 4 is 5.91 Å². The molecule has 1 saturated heterocycles. The van der Waals surface area contributed by atoms with E-state index >= 15 is 0 Å². The fraction of sp³-hybridized carbons (Fsp3) is 0.400. The lowest BCUT2D eigenvalue weighted by atomic mass is 9.91. The van der Waals surface area contributed by atoms with E-state index in [0.29, 0.717) is 6.54 Å². The number of hydrogen-bond donors (Lipinski definition) is 1. The zero-order chi connectivity index (χ0) is 12.1. The Bertz CT molecular complexity index is 413. The van der Waals surface area contributed by atoms with Crippen molar-refractivity contribution in [2.45, 2.75) is 26.2 Å². The van der Waals surface area contributed by atoms with Crippen molar-refractivity contribution in [2.24, 2.45) is 5.92 Å². The lowest BCUT2D eigenvalue weighted by molar-refractivity contribution is -0.121. The second kappa shape index (κ2) is 5.67. The Hall–Kier alpha value is -1.57. The maximum atomic E-state index is 11.8. The molecule has 2 nitrogen and oxygen atoms in total. The summed E-state index contributed by atoms with van der Waals surface area (Å²) in [5, 5.41) is 2.93. The average Bonchev–Trinajstić information content (AvgIpc) is 2.70. The second-order valence-electron chi connectivity index (χ2n) is 4.50. The van der Waals surface area contributed by atoms with E-state index in [4.69, 9.17) is 0 Å². The molecule has 1 fully saturated rings. The zero-order valence-electron chi connectivity index (χ0n) is 10.3. The summed E-state index contributed by atoms with van der Waals surface area (Å²) < 4.78 is 0. The molecule has 2 rings (SSSR count). The van der Waals surface area contributed by atoms with Crippen molar-refractivity contribution in [3.63, 3.8) is 0 Å². The molecule has 1 aliphatic carbocycles. The minimum Gasteiger partial charge on any atom is -0.352 e. The van der Waals surface area contributed by atoms with Crippen LogP contribution in [0, 0.1) is 5.92 Å². The molecule has 0 saturated carbocycles. The third kappa shape index (κ3) is 2.96. The van der Waals surface area contributed by atoms with Crippen LogP contribution in [0.15, 0.2) is 47.6 Å². The Kier molecular flexibility index (Phi) is 3.97. The third-order valence-electron chi connectivity index (χ3n) is 3.25. The zero-order valence-corrected chi connectivity index (χ0v) is 10.3. The van der Waals surface area contributed by atoms with Crippen LogP contribution in [0.5, 0.6) is 0 Å². The molecule has 0 aromatic heterocycles. The maximum Gasteiger partial charge on any atom is 0.227 e. The molecule has 2 heteroatoms. The van der Waals surface area contributed by atoms with Gasteiger partial charge < -0.3 is 5.32 Å². The molecule has 0 radical (unpaired) electrons. The molecule has 0 aromatic carbocycles. The summed E-state index contributed by atoms with van der Waals surface area (Å²) in [6.45, 7) is 2.69. The van der Waals surface area contributed by atoms with Crippen LogP contribution >= 0.6 is 0 Å². The van der Waals surface area contributed by atoms with Crippen LogP contribution in [0.1, 0.15) is 26.2 Å². The number of rotatable bonds is 3. The van der Waals surface area contributed by atoms with Crippen LogP contribution < -0.4 is 5.32 Å². The van der Waals surface area contributed by atoms with E-state index in [1.165, 1.54) is 11.1 Å². The predicted octanol–water partition coefficient (Wildman–Crippen LogP) is 2.90. The van der Waals surface area contributed by atoms with E-state index in [-0.39, 0.29) is 11.8 Å². The van der Waals surface area contributed by atoms with Gasteiger partial charge in [0.15, 0.2) is 0 Å². The van der Waals surface area contributed by atoms with Crippen LogP contribution in [0.25, 0.3) is 0 Å². The van der Waals surface area contributed by atoms with Gasteiger partial charge in [-0.2, -0.15) is 0 Å². The average molecular weight is 229 g/mol. The van der Waals surface area contributed by atoms with Gasteiger partial charge in [-0.25, -0.2) is 0 Å². The molecule has 1 N–H and O–H groups in total. The summed E-state index contributed by atoms with van der Waals surface area (Å²) in [6.07, 6.45) is 15.7. The molecular formula is C15H19NO. The van der Waals surface area contributed by atoms with Crippen LogP contribution in [0.2, 0.25) is 0 Å². The van der Waals surface area contributed by atoms with Crippen molar-refractivity contribution in [3.8, 4) is 0 Å². The van der Waals surface area contributed by atoms with Gasteiger partial charge in [-0.05, 0) is 31.8 Å². The van der Waals surface area contributed by atoms with Gasteiger partial charge in [0.25, 0.3) is 0 Å². The van der Waals surface area contributed by atoms with E-state index < -0.39 is 0 Å². The number of nitrogens with one attached hydrogen (secondary N) is 1. The molecule has 1 amide bonds. The topological polar surface area (TPSA) is 29.1 Å².